The number of carbonyl (C=O) groups excluding carboxylic acids is 1. The van der Waals surface area contributed by atoms with Crippen molar-refractivity contribution in [1.82, 2.24) is 4.90 Å². The Morgan fingerprint density at radius 2 is 1.85 bits per heavy atom. The number of hydrogen-bond donors (Lipinski definition) is 0. The van der Waals surface area contributed by atoms with E-state index in [0.717, 1.165) is 16.4 Å². The highest BCUT2D eigenvalue weighted by molar-refractivity contribution is 8.14. The maximum atomic E-state index is 13.1. The largest absolute Gasteiger partial charge is 0.497 e. The van der Waals surface area contributed by atoms with Crippen molar-refractivity contribution < 1.29 is 14.3 Å². The van der Waals surface area contributed by atoms with Gasteiger partial charge in [0.1, 0.15) is 11.5 Å². The molecule has 2 aromatic rings. The molecule has 0 aromatic heterocycles. The van der Waals surface area contributed by atoms with Crippen molar-refractivity contribution in [2.24, 2.45) is 4.99 Å². The number of methoxy groups -OCH3 is 2. The fourth-order valence-corrected chi connectivity index (χ4v) is 3.79. The molecule has 1 amide bonds. The van der Waals surface area contributed by atoms with Crippen molar-refractivity contribution >= 4 is 28.5 Å². The van der Waals surface area contributed by atoms with Crippen molar-refractivity contribution in [2.75, 3.05) is 20.8 Å². The molecular formula is C20H22N2O3S. The standard InChI is InChI=1S/C20H22N2O3S/c1-13-6-5-7-16(8-13)21-20-22(12-14(2)26-20)19(23)15-9-17(24-3)11-18(10-15)25-4/h5-11,14H,12H2,1-4H3/t14-/m0/s1. The molecule has 1 heterocycles. The smallest absolute Gasteiger partial charge is 0.260 e. The van der Waals surface area contributed by atoms with Crippen molar-refractivity contribution in [1.29, 1.82) is 0 Å². The highest BCUT2D eigenvalue weighted by atomic mass is 32.2. The van der Waals surface area contributed by atoms with Crippen molar-refractivity contribution in [3.05, 3.63) is 53.6 Å². The summed E-state index contributed by atoms with van der Waals surface area (Å²) in [5.41, 5.74) is 2.51. The summed E-state index contributed by atoms with van der Waals surface area (Å²) in [4.78, 5) is 19.5. The van der Waals surface area contributed by atoms with Gasteiger partial charge >= 0.3 is 0 Å². The number of carbonyl (C=O) groups is 1. The van der Waals surface area contributed by atoms with Crippen LogP contribution in [0.2, 0.25) is 0 Å². The van der Waals surface area contributed by atoms with Crippen LogP contribution in [0.25, 0.3) is 0 Å². The number of hydrogen-bond acceptors (Lipinski definition) is 5. The number of amidine groups is 1. The molecule has 0 N–H and O–H groups in total. The van der Waals surface area contributed by atoms with Crippen LogP contribution >= 0.6 is 11.8 Å². The number of ether oxygens (including phenoxy) is 2. The molecule has 3 rings (SSSR count). The quantitative estimate of drug-likeness (QED) is 0.806. The van der Waals surface area contributed by atoms with Gasteiger partial charge in [0, 0.05) is 23.4 Å². The van der Waals surface area contributed by atoms with E-state index in [-0.39, 0.29) is 11.2 Å². The van der Waals surface area contributed by atoms with E-state index in [2.05, 4.69) is 6.92 Å². The summed E-state index contributed by atoms with van der Waals surface area (Å²) in [5, 5.41) is 1.00. The summed E-state index contributed by atoms with van der Waals surface area (Å²) in [7, 11) is 3.14. The number of amides is 1. The average molecular weight is 370 g/mol. The minimum absolute atomic E-state index is 0.106. The van der Waals surface area contributed by atoms with E-state index in [1.807, 2.05) is 31.2 Å². The summed E-state index contributed by atoms with van der Waals surface area (Å²) < 4.78 is 10.6. The summed E-state index contributed by atoms with van der Waals surface area (Å²) in [6.45, 7) is 4.74. The van der Waals surface area contributed by atoms with Crippen LogP contribution in [0.5, 0.6) is 11.5 Å². The lowest BCUT2D eigenvalue weighted by Crippen LogP contribution is -2.32. The first-order valence-corrected chi connectivity index (χ1v) is 9.25. The Bertz CT molecular complexity index is 828. The van der Waals surface area contributed by atoms with Crippen LogP contribution < -0.4 is 9.47 Å². The minimum Gasteiger partial charge on any atom is -0.497 e. The number of benzene rings is 2. The van der Waals surface area contributed by atoms with E-state index in [1.54, 1.807) is 49.1 Å². The molecule has 1 aliphatic heterocycles. The zero-order valence-corrected chi connectivity index (χ0v) is 16.2. The summed E-state index contributed by atoms with van der Waals surface area (Å²) >= 11 is 1.61. The third kappa shape index (κ3) is 4.02. The normalized spacial score (nSPS) is 18.2. The predicted octanol–water partition coefficient (Wildman–Crippen LogP) is 4.28. The maximum absolute atomic E-state index is 13.1. The monoisotopic (exact) mass is 370 g/mol. The van der Waals surface area contributed by atoms with Gasteiger partial charge in [-0.15, -0.1) is 0 Å². The van der Waals surface area contributed by atoms with Gasteiger partial charge in [0.2, 0.25) is 0 Å². The van der Waals surface area contributed by atoms with E-state index in [4.69, 9.17) is 14.5 Å². The molecule has 1 saturated heterocycles. The van der Waals surface area contributed by atoms with Crippen LogP contribution in [0.3, 0.4) is 0 Å². The van der Waals surface area contributed by atoms with E-state index in [9.17, 15) is 4.79 Å². The number of nitrogens with zero attached hydrogens (tertiary/aromatic N) is 2. The first kappa shape index (κ1) is 18.3. The van der Waals surface area contributed by atoms with E-state index in [0.29, 0.717) is 23.6 Å². The lowest BCUT2D eigenvalue weighted by molar-refractivity contribution is 0.0854. The Morgan fingerprint density at radius 3 is 2.46 bits per heavy atom. The second kappa shape index (κ2) is 7.83. The maximum Gasteiger partial charge on any atom is 0.260 e. The topological polar surface area (TPSA) is 51.1 Å². The Kier molecular flexibility index (Phi) is 5.52. The molecule has 1 atom stereocenters. The van der Waals surface area contributed by atoms with E-state index >= 15 is 0 Å². The van der Waals surface area contributed by atoms with E-state index < -0.39 is 0 Å². The predicted molar refractivity (Wildman–Crippen MR) is 106 cm³/mol. The molecule has 2 aromatic carbocycles. The van der Waals surface area contributed by atoms with Crippen LogP contribution in [0.4, 0.5) is 5.69 Å². The fraction of sp³-hybridized carbons (Fsp3) is 0.300. The highest BCUT2D eigenvalue weighted by Crippen LogP contribution is 2.31. The first-order valence-electron chi connectivity index (χ1n) is 8.37. The number of thioether (sulfide) groups is 1. The van der Waals surface area contributed by atoms with Crippen LogP contribution in [-0.2, 0) is 0 Å². The molecule has 0 aliphatic carbocycles. The third-order valence-electron chi connectivity index (χ3n) is 4.05. The van der Waals surface area contributed by atoms with Crippen LogP contribution in [0.15, 0.2) is 47.5 Å². The molecule has 0 radical (unpaired) electrons. The summed E-state index contributed by atoms with van der Waals surface area (Å²) in [5.74, 6) is 1.07. The zero-order chi connectivity index (χ0) is 18.7. The van der Waals surface area contributed by atoms with Crippen LogP contribution in [0, 0.1) is 6.92 Å². The van der Waals surface area contributed by atoms with Gasteiger partial charge in [-0.25, -0.2) is 4.99 Å². The van der Waals surface area contributed by atoms with Crippen LogP contribution in [0.1, 0.15) is 22.8 Å². The fourth-order valence-electron chi connectivity index (χ4n) is 2.77. The SMILES string of the molecule is COc1cc(OC)cc(C(=O)N2C[C@H](C)SC2=Nc2cccc(C)c2)c1. The number of aliphatic imine (C=N–C) groups is 1. The van der Waals surface area contributed by atoms with Crippen molar-refractivity contribution in [3.63, 3.8) is 0 Å². The molecule has 0 unspecified atom stereocenters. The van der Waals surface area contributed by atoms with Gasteiger partial charge in [-0.3, -0.25) is 9.69 Å². The Morgan fingerprint density at radius 1 is 1.15 bits per heavy atom. The molecule has 6 heteroatoms. The van der Waals surface area contributed by atoms with Gasteiger partial charge in [-0.05, 0) is 36.8 Å². The Balaban J connectivity index is 1.94. The molecule has 1 fully saturated rings. The molecule has 0 saturated carbocycles. The summed E-state index contributed by atoms with van der Waals surface area (Å²) in [6, 6.07) is 13.1. The second-order valence-corrected chi connectivity index (χ2v) is 7.58. The zero-order valence-electron chi connectivity index (χ0n) is 15.4. The van der Waals surface area contributed by atoms with Gasteiger partial charge in [0.15, 0.2) is 5.17 Å². The molecule has 136 valence electrons. The van der Waals surface area contributed by atoms with Crippen LogP contribution in [-0.4, -0.2) is 42.0 Å². The summed E-state index contributed by atoms with van der Waals surface area (Å²) in [6.07, 6.45) is 0. The van der Waals surface area contributed by atoms with Gasteiger partial charge in [-0.2, -0.15) is 0 Å². The Labute approximate surface area is 158 Å². The molecule has 26 heavy (non-hydrogen) atoms. The minimum atomic E-state index is -0.106. The van der Waals surface area contributed by atoms with Gasteiger partial charge < -0.3 is 9.47 Å². The lowest BCUT2D eigenvalue weighted by atomic mass is 10.1. The second-order valence-electron chi connectivity index (χ2n) is 6.18. The van der Waals surface area contributed by atoms with Crippen molar-refractivity contribution in [2.45, 2.75) is 19.1 Å². The van der Waals surface area contributed by atoms with Gasteiger partial charge in [0.25, 0.3) is 5.91 Å². The molecule has 5 nitrogen and oxygen atoms in total. The lowest BCUT2D eigenvalue weighted by Gasteiger charge is -2.17. The van der Waals surface area contributed by atoms with Gasteiger partial charge in [0.05, 0.1) is 19.9 Å². The molecule has 0 bridgehead atoms. The number of aryl methyl sites for hydroxylation is 1. The average Bonchev–Trinajstić information content (AvgIpc) is 3.00. The Hall–Kier alpha value is -2.47. The van der Waals surface area contributed by atoms with Crippen molar-refractivity contribution in [3.8, 4) is 11.5 Å². The highest BCUT2D eigenvalue weighted by Gasteiger charge is 2.32. The molecule has 0 spiro atoms. The molecule has 1 aliphatic rings. The molecular weight excluding hydrogens is 348 g/mol. The number of rotatable bonds is 4. The van der Waals surface area contributed by atoms with Gasteiger partial charge in [-0.1, -0.05) is 30.8 Å². The van der Waals surface area contributed by atoms with E-state index in [1.165, 1.54) is 0 Å². The first-order chi connectivity index (χ1) is 12.5. The third-order valence-corrected chi connectivity index (χ3v) is 5.12.